The third kappa shape index (κ3) is 2.15. The lowest BCUT2D eigenvalue weighted by atomic mass is 9.70. The van der Waals surface area contributed by atoms with Gasteiger partial charge in [0.05, 0.1) is 0 Å². The lowest BCUT2D eigenvalue weighted by Crippen LogP contribution is -2.32. The first-order chi connectivity index (χ1) is 8.38. The molecule has 0 amide bonds. The van der Waals surface area contributed by atoms with Crippen LogP contribution in [0.5, 0.6) is 0 Å². The molecule has 0 aliphatic heterocycles. The number of Topliss-reactive ketones (excluding diaryl/α,β-unsaturated/α-hetero) is 2. The van der Waals surface area contributed by atoms with Gasteiger partial charge >= 0.3 is 0 Å². The first kappa shape index (κ1) is 13.8. The van der Waals surface area contributed by atoms with E-state index in [2.05, 4.69) is 20.8 Å². The molecule has 102 valence electrons. The largest absolute Gasteiger partial charge is 0.300 e. The van der Waals surface area contributed by atoms with E-state index >= 15 is 0 Å². The minimum Gasteiger partial charge on any atom is -0.300 e. The molecule has 0 radical (unpaired) electrons. The fourth-order valence-electron chi connectivity index (χ4n) is 3.85. The predicted molar refractivity (Wildman–Crippen MR) is 72.3 cm³/mol. The summed E-state index contributed by atoms with van der Waals surface area (Å²) in [6, 6.07) is 0. The van der Waals surface area contributed by atoms with Crippen LogP contribution in [0.25, 0.3) is 0 Å². The molecule has 2 nitrogen and oxygen atoms in total. The third-order valence-electron chi connectivity index (χ3n) is 5.89. The van der Waals surface area contributed by atoms with E-state index in [0.29, 0.717) is 17.5 Å². The van der Waals surface area contributed by atoms with E-state index in [1.807, 2.05) is 0 Å². The Kier molecular flexibility index (Phi) is 3.66. The highest BCUT2D eigenvalue weighted by atomic mass is 16.1. The molecule has 3 aliphatic rings. The summed E-state index contributed by atoms with van der Waals surface area (Å²) in [5.41, 5.74) is 0.307. The molecule has 2 unspecified atom stereocenters. The average Bonchev–Trinajstić information content (AvgIpc) is 2.64. The Morgan fingerprint density at radius 3 is 1.83 bits per heavy atom. The number of ketones is 2. The molecule has 0 saturated heterocycles. The van der Waals surface area contributed by atoms with Gasteiger partial charge in [-0.2, -0.15) is 0 Å². The summed E-state index contributed by atoms with van der Waals surface area (Å²) < 4.78 is 0. The Morgan fingerprint density at radius 2 is 1.61 bits per heavy atom. The van der Waals surface area contributed by atoms with Crippen molar-refractivity contribution in [1.29, 1.82) is 0 Å². The van der Waals surface area contributed by atoms with E-state index in [-0.39, 0.29) is 10.8 Å². The molecule has 0 heterocycles. The summed E-state index contributed by atoms with van der Waals surface area (Å²) >= 11 is 0. The molecule has 3 rings (SSSR count). The molecular formula is C16H26O2. The van der Waals surface area contributed by atoms with Crippen LogP contribution in [-0.2, 0) is 9.59 Å². The van der Waals surface area contributed by atoms with Crippen LogP contribution in [0.1, 0.15) is 72.1 Å². The number of fused-ring (bicyclic) bond motifs is 2. The lowest BCUT2D eigenvalue weighted by Gasteiger charge is -2.32. The second kappa shape index (κ2) is 4.79. The lowest BCUT2D eigenvalue weighted by molar-refractivity contribution is -0.128. The minimum absolute atomic E-state index is 0.0255. The highest BCUT2D eigenvalue weighted by Gasteiger charge is 2.61. The fraction of sp³-hybridized carbons (Fsp3) is 0.875. The highest BCUT2D eigenvalue weighted by Crippen LogP contribution is 2.63. The maximum Gasteiger partial charge on any atom is 0.139 e. The van der Waals surface area contributed by atoms with Gasteiger partial charge in [-0.05, 0) is 37.0 Å². The van der Waals surface area contributed by atoms with Crippen molar-refractivity contribution in [3.63, 3.8) is 0 Å². The van der Waals surface area contributed by atoms with Gasteiger partial charge < -0.3 is 0 Å². The smallest absolute Gasteiger partial charge is 0.139 e. The predicted octanol–water partition coefficient (Wildman–Crippen LogP) is 3.92. The van der Waals surface area contributed by atoms with Gasteiger partial charge in [-0.25, -0.2) is 0 Å². The summed E-state index contributed by atoms with van der Waals surface area (Å²) in [5, 5.41) is 0. The molecule has 0 aromatic heterocycles. The molecule has 2 atom stereocenters. The third-order valence-corrected chi connectivity index (χ3v) is 5.89. The number of carbonyl (C=O) groups excluding carboxylic acids is 2. The SMILES string of the molecule is CC12CCC(CC1=O)C2(C)C.O=C1CCCCC1. The normalized spacial score (nSPS) is 37.4. The van der Waals surface area contributed by atoms with Crippen molar-refractivity contribution in [1.82, 2.24) is 0 Å². The van der Waals surface area contributed by atoms with Crippen LogP contribution in [-0.4, -0.2) is 11.6 Å². The first-order valence-corrected chi connectivity index (χ1v) is 7.43. The summed E-state index contributed by atoms with van der Waals surface area (Å²) in [4.78, 5) is 22.0. The average molecular weight is 250 g/mol. The zero-order chi connectivity index (χ0) is 13.4. The second-order valence-corrected chi connectivity index (χ2v) is 7.02. The zero-order valence-electron chi connectivity index (χ0n) is 12.1. The van der Waals surface area contributed by atoms with Crippen molar-refractivity contribution in [3.8, 4) is 0 Å². The summed E-state index contributed by atoms with van der Waals surface area (Å²) in [5.74, 6) is 1.66. The fourth-order valence-corrected chi connectivity index (χ4v) is 3.85. The number of rotatable bonds is 0. The van der Waals surface area contributed by atoms with Gasteiger partial charge in [-0.3, -0.25) is 9.59 Å². The molecule has 3 fully saturated rings. The van der Waals surface area contributed by atoms with Gasteiger partial charge in [0.2, 0.25) is 0 Å². The maximum absolute atomic E-state index is 11.6. The molecule has 3 saturated carbocycles. The summed E-state index contributed by atoms with van der Waals surface area (Å²) in [6.45, 7) is 6.67. The topological polar surface area (TPSA) is 34.1 Å². The Morgan fingerprint density at radius 1 is 1.00 bits per heavy atom. The van der Waals surface area contributed by atoms with Crippen molar-refractivity contribution in [2.24, 2.45) is 16.7 Å². The number of hydrogen-bond acceptors (Lipinski definition) is 2. The molecule has 2 heteroatoms. The van der Waals surface area contributed by atoms with Gasteiger partial charge in [0, 0.05) is 24.7 Å². The first-order valence-electron chi connectivity index (χ1n) is 7.43. The van der Waals surface area contributed by atoms with Crippen molar-refractivity contribution in [3.05, 3.63) is 0 Å². The monoisotopic (exact) mass is 250 g/mol. The van der Waals surface area contributed by atoms with Crippen molar-refractivity contribution in [2.45, 2.75) is 72.1 Å². The molecule has 0 aromatic carbocycles. The Bertz CT molecular complexity index is 348. The molecule has 2 bridgehead atoms. The Labute approximate surface area is 111 Å². The van der Waals surface area contributed by atoms with E-state index in [1.54, 1.807) is 0 Å². The van der Waals surface area contributed by atoms with Gasteiger partial charge in [0.15, 0.2) is 0 Å². The van der Waals surface area contributed by atoms with Gasteiger partial charge in [0.25, 0.3) is 0 Å². The van der Waals surface area contributed by atoms with E-state index in [0.717, 1.165) is 38.5 Å². The van der Waals surface area contributed by atoms with E-state index in [1.165, 1.54) is 12.8 Å². The second-order valence-electron chi connectivity index (χ2n) is 7.02. The van der Waals surface area contributed by atoms with Crippen molar-refractivity contribution < 1.29 is 9.59 Å². The summed E-state index contributed by atoms with van der Waals surface area (Å²) in [7, 11) is 0. The van der Waals surface area contributed by atoms with E-state index in [4.69, 9.17) is 0 Å². The van der Waals surface area contributed by atoms with Gasteiger partial charge in [-0.15, -0.1) is 0 Å². The Balaban J connectivity index is 0.000000149. The van der Waals surface area contributed by atoms with Crippen LogP contribution < -0.4 is 0 Å². The van der Waals surface area contributed by atoms with Crippen LogP contribution >= 0.6 is 0 Å². The van der Waals surface area contributed by atoms with Crippen LogP contribution in [0.15, 0.2) is 0 Å². The summed E-state index contributed by atoms with van der Waals surface area (Å²) in [6.07, 6.45) is 8.49. The van der Waals surface area contributed by atoms with E-state index in [9.17, 15) is 9.59 Å². The number of hydrogen-bond donors (Lipinski definition) is 0. The molecule has 0 spiro atoms. The van der Waals surface area contributed by atoms with Crippen LogP contribution in [0.2, 0.25) is 0 Å². The van der Waals surface area contributed by atoms with Crippen LogP contribution in [0, 0.1) is 16.7 Å². The zero-order valence-corrected chi connectivity index (χ0v) is 12.1. The van der Waals surface area contributed by atoms with Crippen molar-refractivity contribution in [2.75, 3.05) is 0 Å². The van der Waals surface area contributed by atoms with Crippen LogP contribution in [0.3, 0.4) is 0 Å². The number of carbonyl (C=O) groups is 2. The highest BCUT2D eigenvalue weighted by molar-refractivity contribution is 5.89. The van der Waals surface area contributed by atoms with E-state index < -0.39 is 0 Å². The minimum atomic E-state index is 0.0255. The molecular weight excluding hydrogens is 224 g/mol. The van der Waals surface area contributed by atoms with Crippen LogP contribution in [0.4, 0.5) is 0 Å². The standard InChI is InChI=1S/C10H16O.C6H10O/c1-9(2)7-4-5-10(9,3)8(11)6-7;7-6-4-2-1-3-5-6/h7H,4-6H2,1-3H3;1-5H2. The van der Waals surface area contributed by atoms with Gasteiger partial charge in [-0.1, -0.05) is 27.2 Å². The maximum atomic E-state index is 11.6. The van der Waals surface area contributed by atoms with Gasteiger partial charge in [0.1, 0.15) is 11.6 Å². The molecule has 3 aliphatic carbocycles. The molecule has 18 heavy (non-hydrogen) atoms. The molecule has 0 N–H and O–H groups in total. The molecule has 0 aromatic rings. The Hall–Kier alpha value is -0.660. The van der Waals surface area contributed by atoms with Crippen molar-refractivity contribution >= 4 is 11.6 Å². The quantitative estimate of drug-likeness (QED) is 0.653.